The first kappa shape index (κ1) is 22.1. The van der Waals surface area contributed by atoms with E-state index in [0.29, 0.717) is 24.7 Å². The molecule has 0 aliphatic heterocycles. The maximum Gasteiger partial charge on any atom is 0.175 e. The Hall–Kier alpha value is -3.15. The van der Waals surface area contributed by atoms with E-state index in [1.165, 1.54) is 11.1 Å². The van der Waals surface area contributed by atoms with Crippen LogP contribution in [0, 0.1) is 6.92 Å². The number of aromatic nitrogens is 2. The summed E-state index contributed by atoms with van der Waals surface area (Å²) in [7, 11) is 0. The molecule has 0 aliphatic rings. The Morgan fingerprint density at radius 3 is 2.00 bits per heavy atom. The number of halogens is 1. The summed E-state index contributed by atoms with van der Waals surface area (Å²) in [5, 5.41) is 9.44. The molecule has 0 bridgehead atoms. The normalized spacial score (nSPS) is 10.7. The SMILES string of the molecule is Cc1cc(NC(=S)N(Cc2ccccc2)Cc2ccccc2)nn1Cc1ccc(Cl)cc1. The standard InChI is InChI=1S/C26H25ClN4S/c1-20-16-25(29-31(20)19-23-12-14-24(27)15-13-23)28-26(32)30(17-21-8-4-2-5-9-21)18-22-10-6-3-7-11-22/h2-16H,17-19H2,1H3,(H,28,29,32). The van der Waals surface area contributed by atoms with Crippen molar-refractivity contribution in [2.24, 2.45) is 0 Å². The molecule has 4 aromatic rings. The Bertz CT molecular complexity index is 1120. The smallest absolute Gasteiger partial charge is 0.175 e. The molecule has 0 unspecified atom stereocenters. The van der Waals surface area contributed by atoms with Crippen LogP contribution in [0.1, 0.15) is 22.4 Å². The van der Waals surface area contributed by atoms with E-state index in [-0.39, 0.29) is 0 Å². The summed E-state index contributed by atoms with van der Waals surface area (Å²) in [5.74, 6) is 0.743. The fourth-order valence-corrected chi connectivity index (χ4v) is 3.85. The van der Waals surface area contributed by atoms with Gasteiger partial charge in [0.15, 0.2) is 10.9 Å². The summed E-state index contributed by atoms with van der Waals surface area (Å²) in [4.78, 5) is 2.16. The molecular formula is C26H25ClN4S. The molecule has 1 aromatic heterocycles. The molecule has 0 radical (unpaired) electrons. The van der Waals surface area contributed by atoms with Crippen molar-refractivity contribution < 1.29 is 0 Å². The summed E-state index contributed by atoms with van der Waals surface area (Å²) in [6.07, 6.45) is 0. The minimum Gasteiger partial charge on any atom is -0.340 e. The third-order valence-electron chi connectivity index (χ3n) is 5.18. The summed E-state index contributed by atoms with van der Waals surface area (Å²) >= 11 is 11.8. The van der Waals surface area contributed by atoms with Crippen molar-refractivity contribution in [1.29, 1.82) is 0 Å². The van der Waals surface area contributed by atoms with Crippen LogP contribution >= 0.6 is 23.8 Å². The molecule has 162 valence electrons. The van der Waals surface area contributed by atoms with Gasteiger partial charge in [-0.1, -0.05) is 84.4 Å². The second-order valence-corrected chi connectivity index (χ2v) is 8.54. The number of nitrogens with one attached hydrogen (secondary N) is 1. The second kappa shape index (κ2) is 10.4. The highest BCUT2D eigenvalue weighted by molar-refractivity contribution is 7.80. The first-order valence-electron chi connectivity index (χ1n) is 10.5. The lowest BCUT2D eigenvalue weighted by atomic mass is 10.2. The number of thiocarbonyl (C=S) groups is 1. The van der Waals surface area contributed by atoms with E-state index in [9.17, 15) is 0 Å². The van der Waals surface area contributed by atoms with Gasteiger partial charge in [0, 0.05) is 29.9 Å². The van der Waals surface area contributed by atoms with Crippen LogP contribution in [0.15, 0.2) is 91.0 Å². The van der Waals surface area contributed by atoms with Gasteiger partial charge < -0.3 is 10.2 Å². The molecule has 1 heterocycles. The summed E-state index contributed by atoms with van der Waals surface area (Å²) in [5.41, 5.74) is 4.61. The van der Waals surface area contributed by atoms with Gasteiger partial charge in [-0.05, 0) is 48.0 Å². The van der Waals surface area contributed by atoms with Crippen molar-refractivity contribution in [3.63, 3.8) is 0 Å². The van der Waals surface area contributed by atoms with E-state index < -0.39 is 0 Å². The third kappa shape index (κ3) is 5.96. The average Bonchev–Trinajstić information content (AvgIpc) is 3.14. The molecule has 1 N–H and O–H groups in total. The van der Waals surface area contributed by atoms with Crippen molar-refractivity contribution in [3.8, 4) is 0 Å². The molecule has 0 atom stereocenters. The zero-order chi connectivity index (χ0) is 22.3. The quantitative estimate of drug-likeness (QED) is 0.328. The Labute approximate surface area is 199 Å². The molecule has 0 saturated heterocycles. The predicted octanol–water partition coefficient (Wildman–Crippen LogP) is 6.29. The molecule has 32 heavy (non-hydrogen) atoms. The van der Waals surface area contributed by atoms with E-state index in [2.05, 4.69) is 34.5 Å². The Morgan fingerprint density at radius 2 is 1.44 bits per heavy atom. The lowest BCUT2D eigenvalue weighted by Crippen LogP contribution is -2.34. The van der Waals surface area contributed by atoms with Gasteiger partial charge in [-0.3, -0.25) is 4.68 Å². The predicted molar refractivity (Wildman–Crippen MR) is 136 cm³/mol. The van der Waals surface area contributed by atoms with Crippen LogP contribution in [0.25, 0.3) is 0 Å². The van der Waals surface area contributed by atoms with Crippen LogP contribution < -0.4 is 5.32 Å². The fraction of sp³-hybridized carbons (Fsp3) is 0.154. The van der Waals surface area contributed by atoms with E-state index in [4.69, 9.17) is 28.9 Å². The Kier molecular flexibility index (Phi) is 7.20. The molecule has 0 saturated carbocycles. The van der Waals surface area contributed by atoms with Crippen LogP contribution in [0.3, 0.4) is 0 Å². The molecule has 4 rings (SSSR count). The van der Waals surface area contributed by atoms with Gasteiger partial charge in [0.25, 0.3) is 0 Å². The monoisotopic (exact) mass is 460 g/mol. The van der Waals surface area contributed by atoms with Gasteiger partial charge in [0.05, 0.1) is 6.54 Å². The highest BCUT2D eigenvalue weighted by atomic mass is 35.5. The first-order chi connectivity index (χ1) is 15.6. The maximum atomic E-state index is 6.00. The summed E-state index contributed by atoms with van der Waals surface area (Å²) in [6, 6.07) is 30.6. The van der Waals surface area contributed by atoms with Crippen molar-refractivity contribution in [1.82, 2.24) is 14.7 Å². The van der Waals surface area contributed by atoms with Gasteiger partial charge >= 0.3 is 0 Å². The number of rotatable bonds is 7. The largest absolute Gasteiger partial charge is 0.340 e. The lowest BCUT2D eigenvalue weighted by molar-refractivity contribution is 0.412. The van der Waals surface area contributed by atoms with Crippen molar-refractivity contribution in [2.75, 3.05) is 5.32 Å². The molecule has 0 spiro atoms. The van der Waals surface area contributed by atoms with Crippen LogP contribution in [-0.2, 0) is 19.6 Å². The molecule has 0 amide bonds. The van der Waals surface area contributed by atoms with E-state index in [0.717, 1.165) is 22.1 Å². The summed E-state index contributed by atoms with van der Waals surface area (Å²) < 4.78 is 1.97. The molecular weight excluding hydrogens is 436 g/mol. The maximum absolute atomic E-state index is 6.00. The van der Waals surface area contributed by atoms with Crippen molar-refractivity contribution in [2.45, 2.75) is 26.6 Å². The number of anilines is 1. The number of hydrogen-bond donors (Lipinski definition) is 1. The number of nitrogens with zero attached hydrogens (tertiary/aromatic N) is 3. The Balaban J connectivity index is 1.49. The topological polar surface area (TPSA) is 33.1 Å². The second-order valence-electron chi connectivity index (χ2n) is 7.71. The summed E-state index contributed by atoms with van der Waals surface area (Å²) in [6.45, 7) is 4.15. The third-order valence-corrected chi connectivity index (χ3v) is 5.79. The minimum atomic E-state index is 0.647. The molecule has 4 nitrogen and oxygen atoms in total. The zero-order valence-corrected chi connectivity index (χ0v) is 19.5. The minimum absolute atomic E-state index is 0.647. The van der Waals surface area contributed by atoms with E-state index in [1.807, 2.05) is 78.3 Å². The van der Waals surface area contributed by atoms with Gasteiger partial charge in [0.2, 0.25) is 0 Å². The number of hydrogen-bond acceptors (Lipinski definition) is 2. The molecule has 0 aliphatic carbocycles. The highest BCUT2D eigenvalue weighted by Crippen LogP contribution is 2.16. The van der Waals surface area contributed by atoms with Crippen LogP contribution in [0.2, 0.25) is 5.02 Å². The first-order valence-corrected chi connectivity index (χ1v) is 11.3. The van der Waals surface area contributed by atoms with Crippen LogP contribution in [0.4, 0.5) is 5.82 Å². The number of aryl methyl sites for hydroxylation is 1. The van der Waals surface area contributed by atoms with Gasteiger partial charge in [0.1, 0.15) is 0 Å². The Morgan fingerprint density at radius 1 is 0.875 bits per heavy atom. The fourth-order valence-electron chi connectivity index (χ4n) is 3.49. The average molecular weight is 461 g/mol. The van der Waals surface area contributed by atoms with Gasteiger partial charge in [-0.25, -0.2) is 0 Å². The van der Waals surface area contributed by atoms with E-state index >= 15 is 0 Å². The number of benzene rings is 3. The molecule has 6 heteroatoms. The lowest BCUT2D eigenvalue weighted by Gasteiger charge is -2.25. The van der Waals surface area contributed by atoms with Gasteiger partial charge in [-0.15, -0.1) is 0 Å². The van der Waals surface area contributed by atoms with Crippen molar-refractivity contribution in [3.05, 3.63) is 118 Å². The van der Waals surface area contributed by atoms with Crippen LogP contribution in [-0.4, -0.2) is 19.8 Å². The zero-order valence-electron chi connectivity index (χ0n) is 17.9. The van der Waals surface area contributed by atoms with Crippen molar-refractivity contribution >= 4 is 34.7 Å². The molecule has 0 fully saturated rings. The van der Waals surface area contributed by atoms with Crippen LogP contribution in [0.5, 0.6) is 0 Å². The van der Waals surface area contributed by atoms with E-state index in [1.54, 1.807) is 0 Å². The van der Waals surface area contributed by atoms with Gasteiger partial charge in [-0.2, -0.15) is 5.10 Å². The highest BCUT2D eigenvalue weighted by Gasteiger charge is 2.14. The molecule has 3 aromatic carbocycles.